The number of hydrogen-bond acceptors (Lipinski definition) is 5. The molecule has 0 aliphatic heterocycles. The van der Waals surface area contributed by atoms with Crippen molar-refractivity contribution in [3.8, 4) is 11.3 Å². The molecule has 0 aliphatic carbocycles. The van der Waals surface area contributed by atoms with Gasteiger partial charge in [-0.25, -0.2) is 4.98 Å². The standard InChI is InChI=1S/C20H19ClN2O2S/c1-12(2)13-3-5-14(6-4-13)19-17(11-18(24)25)26-20(23-19)22-16-9-7-15(21)8-10-16/h3-10,12H,11H2,1-2H3,(H,22,23)(H,24,25)/p-1. The van der Waals surface area contributed by atoms with E-state index in [1.54, 1.807) is 12.1 Å². The highest BCUT2D eigenvalue weighted by atomic mass is 35.5. The van der Waals surface area contributed by atoms with Crippen LogP contribution >= 0.6 is 22.9 Å². The van der Waals surface area contributed by atoms with Crippen LogP contribution in [0.1, 0.15) is 30.2 Å². The van der Waals surface area contributed by atoms with Gasteiger partial charge in [0.1, 0.15) is 0 Å². The highest BCUT2D eigenvalue weighted by Gasteiger charge is 2.14. The highest BCUT2D eigenvalue weighted by molar-refractivity contribution is 7.16. The van der Waals surface area contributed by atoms with Gasteiger partial charge in [-0.2, -0.15) is 0 Å². The number of aromatic nitrogens is 1. The van der Waals surface area contributed by atoms with Crippen molar-refractivity contribution in [1.29, 1.82) is 0 Å². The summed E-state index contributed by atoms with van der Waals surface area (Å²) in [6.07, 6.45) is -0.165. The molecule has 0 unspecified atom stereocenters. The van der Waals surface area contributed by atoms with Crippen LogP contribution < -0.4 is 10.4 Å². The molecule has 26 heavy (non-hydrogen) atoms. The molecule has 0 bridgehead atoms. The molecule has 0 saturated carbocycles. The molecule has 3 rings (SSSR count). The van der Waals surface area contributed by atoms with E-state index >= 15 is 0 Å². The number of aliphatic carboxylic acids is 1. The van der Waals surface area contributed by atoms with E-state index in [1.165, 1.54) is 16.9 Å². The van der Waals surface area contributed by atoms with Crippen molar-refractivity contribution in [3.63, 3.8) is 0 Å². The molecule has 0 spiro atoms. The summed E-state index contributed by atoms with van der Waals surface area (Å²) in [4.78, 5) is 16.4. The summed E-state index contributed by atoms with van der Waals surface area (Å²) in [5, 5.41) is 15.6. The van der Waals surface area contributed by atoms with Crippen LogP contribution in [0.4, 0.5) is 10.8 Å². The number of nitrogens with one attached hydrogen (secondary N) is 1. The zero-order chi connectivity index (χ0) is 18.7. The van der Waals surface area contributed by atoms with Crippen LogP contribution in [0.5, 0.6) is 0 Å². The van der Waals surface area contributed by atoms with Gasteiger partial charge in [0, 0.05) is 33.5 Å². The molecule has 6 heteroatoms. The summed E-state index contributed by atoms with van der Waals surface area (Å²) in [5.41, 5.74) is 3.63. The maximum absolute atomic E-state index is 11.1. The summed E-state index contributed by atoms with van der Waals surface area (Å²) in [6.45, 7) is 4.26. The van der Waals surface area contributed by atoms with Crippen molar-refractivity contribution < 1.29 is 9.90 Å². The predicted octanol–water partition coefficient (Wildman–Crippen LogP) is 4.62. The van der Waals surface area contributed by atoms with Gasteiger partial charge in [0.05, 0.1) is 5.69 Å². The molecule has 1 aromatic heterocycles. The van der Waals surface area contributed by atoms with Gasteiger partial charge in [0.15, 0.2) is 5.13 Å². The zero-order valence-electron chi connectivity index (χ0n) is 14.5. The summed E-state index contributed by atoms with van der Waals surface area (Å²) < 4.78 is 0. The second-order valence-electron chi connectivity index (χ2n) is 6.25. The Morgan fingerprint density at radius 1 is 1.15 bits per heavy atom. The summed E-state index contributed by atoms with van der Waals surface area (Å²) in [5.74, 6) is -0.684. The van der Waals surface area contributed by atoms with Crippen LogP contribution in [0.25, 0.3) is 11.3 Å². The Hall–Kier alpha value is -2.37. The van der Waals surface area contributed by atoms with Crippen LogP contribution in [0, 0.1) is 0 Å². The number of hydrogen-bond donors (Lipinski definition) is 1. The Bertz CT molecular complexity index is 903. The van der Waals surface area contributed by atoms with E-state index in [0.29, 0.717) is 26.6 Å². The van der Waals surface area contributed by atoms with Crippen molar-refractivity contribution in [2.45, 2.75) is 26.2 Å². The molecule has 134 valence electrons. The maximum Gasteiger partial charge on any atom is 0.187 e. The monoisotopic (exact) mass is 385 g/mol. The molecule has 0 aliphatic rings. The molecular weight excluding hydrogens is 368 g/mol. The number of benzene rings is 2. The molecule has 0 radical (unpaired) electrons. The first-order valence-electron chi connectivity index (χ1n) is 8.25. The van der Waals surface area contributed by atoms with Crippen molar-refractivity contribution in [3.05, 3.63) is 64.0 Å². The zero-order valence-corrected chi connectivity index (χ0v) is 16.0. The van der Waals surface area contributed by atoms with Gasteiger partial charge in [0.2, 0.25) is 0 Å². The predicted molar refractivity (Wildman–Crippen MR) is 105 cm³/mol. The average molecular weight is 386 g/mol. The Morgan fingerprint density at radius 3 is 2.38 bits per heavy atom. The van der Waals surface area contributed by atoms with Crippen molar-refractivity contribution in [2.24, 2.45) is 0 Å². The minimum Gasteiger partial charge on any atom is -0.550 e. The van der Waals surface area contributed by atoms with Crippen LogP contribution in [0.3, 0.4) is 0 Å². The van der Waals surface area contributed by atoms with E-state index < -0.39 is 5.97 Å². The molecule has 4 nitrogen and oxygen atoms in total. The SMILES string of the molecule is CC(C)c1ccc(-c2nc(Nc3ccc(Cl)cc3)sc2CC(=O)[O-])cc1. The molecular formula is C20H18ClN2O2S-. The van der Waals surface area contributed by atoms with Crippen LogP contribution in [0.15, 0.2) is 48.5 Å². The number of carboxylic acid groups (broad SMARTS) is 1. The highest BCUT2D eigenvalue weighted by Crippen LogP contribution is 2.34. The van der Waals surface area contributed by atoms with Gasteiger partial charge < -0.3 is 15.2 Å². The van der Waals surface area contributed by atoms with E-state index in [4.69, 9.17) is 11.6 Å². The summed E-state index contributed by atoms with van der Waals surface area (Å²) >= 11 is 7.22. The third kappa shape index (κ3) is 4.42. The number of thiazole rings is 1. The minimum absolute atomic E-state index is 0.165. The number of rotatable bonds is 6. The number of carbonyl (C=O) groups is 1. The van der Waals surface area contributed by atoms with E-state index in [0.717, 1.165) is 11.3 Å². The lowest BCUT2D eigenvalue weighted by atomic mass is 10.0. The van der Waals surface area contributed by atoms with Gasteiger partial charge in [-0.1, -0.05) is 49.7 Å². The molecule has 1 heterocycles. The van der Waals surface area contributed by atoms with Gasteiger partial charge in [0.25, 0.3) is 0 Å². The quantitative estimate of drug-likeness (QED) is 0.672. The van der Waals surface area contributed by atoms with Crippen molar-refractivity contribution in [1.82, 2.24) is 4.98 Å². The Labute approximate surface area is 161 Å². The molecule has 0 fully saturated rings. The topological polar surface area (TPSA) is 65.0 Å². The molecule has 0 atom stereocenters. The largest absolute Gasteiger partial charge is 0.550 e. The van der Waals surface area contributed by atoms with E-state index in [1.807, 2.05) is 24.3 Å². The first kappa shape index (κ1) is 18.4. The molecule has 2 aromatic carbocycles. The third-order valence-corrected chi connectivity index (χ3v) is 5.17. The normalized spacial score (nSPS) is 10.9. The van der Waals surface area contributed by atoms with Crippen LogP contribution in [-0.4, -0.2) is 11.0 Å². The Balaban J connectivity index is 1.93. The van der Waals surface area contributed by atoms with Gasteiger partial charge >= 0.3 is 0 Å². The van der Waals surface area contributed by atoms with Crippen molar-refractivity contribution >= 4 is 39.7 Å². The van der Waals surface area contributed by atoms with E-state index in [9.17, 15) is 9.90 Å². The average Bonchev–Trinajstić information content (AvgIpc) is 2.98. The third-order valence-electron chi connectivity index (χ3n) is 3.95. The number of anilines is 2. The smallest absolute Gasteiger partial charge is 0.187 e. The Morgan fingerprint density at radius 2 is 1.81 bits per heavy atom. The number of halogens is 1. The molecule has 1 N–H and O–H groups in total. The minimum atomic E-state index is -1.12. The fraction of sp³-hybridized carbons (Fsp3) is 0.200. The lowest BCUT2D eigenvalue weighted by Gasteiger charge is -2.07. The fourth-order valence-corrected chi connectivity index (χ4v) is 3.68. The number of carbonyl (C=O) groups excluding carboxylic acids is 1. The maximum atomic E-state index is 11.1. The summed E-state index contributed by atoms with van der Waals surface area (Å²) in [7, 11) is 0. The van der Waals surface area contributed by atoms with E-state index in [-0.39, 0.29) is 6.42 Å². The first-order valence-corrected chi connectivity index (χ1v) is 9.44. The van der Waals surface area contributed by atoms with E-state index in [2.05, 4.69) is 36.3 Å². The first-order chi connectivity index (χ1) is 12.4. The molecule has 0 amide bonds. The summed E-state index contributed by atoms with van der Waals surface area (Å²) in [6, 6.07) is 15.3. The lowest BCUT2D eigenvalue weighted by molar-refractivity contribution is -0.304. The van der Waals surface area contributed by atoms with Gasteiger partial charge in [-0.05, 0) is 35.7 Å². The molecule has 0 saturated heterocycles. The second-order valence-corrected chi connectivity index (χ2v) is 7.77. The van der Waals surface area contributed by atoms with Gasteiger partial charge in [-0.15, -0.1) is 11.3 Å². The van der Waals surface area contributed by atoms with Gasteiger partial charge in [-0.3, -0.25) is 0 Å². The van der Waals surface area contributed by atoms with Crippen LogP contribution in [0.2, 0.25) is 5.02 Å². The number of nitrogens with zero attached hydrogens (tertiary/aromatic N) is 1. The van der Waals surface area contributed by atoms with Crippen molar-refractivity contribution in [2.75, 3.05) is 5.32 Å². The molecule has 3 aromatic rings. The lowest BCUT2D eigenvalue weighted by Crippen LogP contribution is -2.24. The Kier molecular flexibility index (Phi) is 5.59. The second kappa shape index (κ2) is 7.89. The number of carboxylic acids is 1. The fourth-order valence-electron chi connectivity index (χ4n) is 2.56. The van der Waals surface area contributed by atoms with Crippen LogP contribution in [-0.2, 0) is 11.2 Å².